The van der Waals surface area contributed by atoms with Gasteiger partial charge in [-0.15, -0.1) is 0 Å². The topological polar surface area (TPSA) is 58.1 Å². The summed E-state index contributed by atoms with van der Waals surface area (Å²) in [5.74, 6) is -0.0107. The molecule has 5 nitrogen and oxygen atoms in total. The van der Waals surface area contributed by atoms with Gasteiger partial charge in [0.15, 0.2) is 0 Å². The van der Waals surface area contributed by atoms with Crippen molar-refractivity contribution < 1.29 is 18.0 Å². The van der Waals surface area contributed by atoms with Crippen molar-refractivity contribution in [1.82, 2.24) is 14.9 Å². The second kappa shape index (κ2) is 7.83. The molecule has 0 spiro atoms. The van der Waals surface area contributed by atoms with Gasteiger partial charge in [-0.05, 0) is 56.5 Å². The smallest absolute Gasteiger partial charge is 0.364 e. The van der Waals surface area contributed by atoms with Crippen LogP contribution in [0.2, 0.25) is 0 Å². The Bertz CT molecular complexity index is 1160. The Kier molecular flexibility index (Phi) is 5.33. The summed E-state index contributed by atoms with van der Waals surface area (Å²) in [6.45, 7) is 6.36. The normalized spacial score (nSPS) is 16.7. The molecule has 8 heteroatoms. The Hall–Kier alpha value is -3.16. The van der Waals surface area contributed by atoms with Gasteiger partial charge in [0.2, 0.25) is 0 Å². The van der Waals surface area contributed by atoms with Crippen LogP contribution in [0.3, 0.4) is 0 Å². The van der Waals surface area contributed by atoms with Gasteiger partial charge in [-0.2, -0.15) is 13.2 Å². The molecule has 31 heavy (non-hydrogen) atoms. The maximum Gasteiger partial charge on any atom is 0.417 e. The van der Waals surface area contributed by atoms with Gasteiger partial charge in [0.05, 0.1) is 28.4 Å². The van der Waals surface area contributed by atoms with Crippen molar-refractivity contribution in [3.63, 3.8) is 0 Å². The van der Waals surface area contributed by atoms with E-state index in [0.29, 0.717) is 30.9 Å². The van der Waals surface area contributed by atoms with E-state index in [2.05, 4.69) is 15.3 Å². The number of carbonyl (C=O) groups excluding carboxylic acids is 1. The fourth-order valence-corrected chi connectivity index (χ4v) is 3.91. The van der Waals surface area contributed by atoms with E-state index in [0.717, 1.165) is 28.2 Å². The molecule has 1 N–H and O–H groups in total. The fraction of sp³-hybridized carbons (Fsp3) is 0.348. The van der Waals surface area contributed by atoms with Gasteiger partial charge < -0.3 is 10.2 Å². The summed E-state index contributed by atoms with van der Waals surface area (Å²) in [5.41, 5.74) is 3.20. The summed E-state index contributed by atoms with van der Waals surface area (Å²) >= 11 is 0. The molecule has 1 atom stereocenters. The average Bonchev–Trinajstić information content (AvgIpc) is 3.18. The molecule has 1 saturated heterocycles. The highest BCUT2D eigenvalue weighted by Gasteiger charge is 2.37. The molecule has 162 valence electrons. The molecule has 1 unspecified atom stereocenters. The minimum absolute atomic E-state index is 0.111. The number of alkyl halides is 3. The van der Waals surface area contributed by atoms with Crippen molar-refractivity contribution in [3.05, 3.63) is 64.3 Å². The lowest BCUT2D eigenvalue weighted by molar-refractivity contribution is -0.138. The maximum absolute atomic E-state index is 13.4. The molecule has 1 aliphatic rings. The highest BCUT2D eigenvalue weighted by atomic mass is 19.4. The monoisotopic (exact) mass is 428 g/mol. The van der Waals surface area contributed by atoms with E-state index in [9.17, 15) is 18.0 Å². The van der Waals surface area contributed by atoms with Crippen molar-refractivity contribution in [2.45, 2.75) is 39.4 Å². The Morgan fingerprint density at radius 1 is 1.16 bits per heavy atom. The third-order valence-electron chi connectivity index (χ3n) is 5.78. The molecule has 4 rings (SSSR count). The van der Waals surface area contributed by atoms with Crippen LogP contribution in [0.1, 0.15) is 39.0 Å². The first-order chi connectivity index (χ1) is 14.6. The van der Waals surface area contributed by atoms with Crippen LogP contribution in [0.5, 0.6) is 0 Å². The number of fused-ring (bicyclic) bond motifs is 1. The molecule has 0 radical (unpaired) electrons. The number of aryl methyl sites for hydroxylation is 3. The summed E-state index contributed by atoms with van der Waals surface area (Å²) in [6, 6.07) is 7.47. The largest absolute Gasteiger partial charge is 0.417 e. The van der Waals surface area contributed by atoms with Crippen LogP contribution < -0.4 is 5.32 Å². The number of nitrogens with zero attached hydrogens (tertiary/aromatic N) is 3. The van der Waals surface area contributed by atoms with E-state index in [-0.39, 0.29) is 11.6 Å². The van der Waals surface area contributed by atoms with Gasteiger partial charge in [-0.25, -0.2) is 4.98 Å². The maximum atomic E-state index is 13.4. The summed E-state index contributed by atoms with van der Waals surface area (Å²) in [7, 11) is 0. The number of aromatic nitrogens is 2. The molecule has 0 saturated carbocycles. The van der Waals surface area contributed by atoms with Crippen LogP contribution in [0, 0.1) is 20.8 Å². The van der Waals surface area contributed by atoms with Gasteiger partial charge in [0, 0.05) is 19.1 Å². The van der Waals surface area contributed by atoms with Crippen molar-refractivity contribution in [2.75, 3.05) is 18.4 Å². The first kappa shape index (κ1) is 21.1. The number of halogens is 3. The number of hydrogen-bond acceptors (Lipinski definition) is 4. The molecule has 1 aromatic heterocycles. The second-order valence-electron chi connectivity index (χ2n) is 8.06. The van der Waals surface area contributed by atoms with Gasteiger partial charge in [0.1, 0.15) is 5.82 Å². The molecular weight excluding hydrogens is 405 g/mol. The lowest BCUT2D eigenvalue weighted by Crippen LogP contribution is -2.33. The summed E-state index contributed by atoms with van der Waals surface area (Å²) < 4.78 is 40.1. The lowest BCUT2D eigenvalue weighted by atomic mass is 10.0. The van der Waals surface area contributed by atoms with Gasteiger partial charge in [-0.3, -0.25) is 9.78 Å². The highest BCUT2D eigenvalue weighted by molar-refractivity contribution is 5.96. The van der Waals surface area contributed by atoms with Crippen LogP contribution in [-0.4, -0.2) is 39.9 Å². The predicted octanol–water partition coefficient (Wildman–Crippen LogP) is 4.90. The summed E-state index contributed by atoms with van der Waals surface area (Å²) in [5, 5.41) is 3.28. The van der Waals surface area contributed by atoms with Crippen LogP contribution in [0.4, 0.5) is 19.0 Å². The van der Waals surface area contributed by atoms with Crippen LogP contribution in [0.15, 0.2) is 36.5 Å². The Labute approximate surface area is 178 Å². The van der Waals surface area contributed by atoms with Crippen molar-refractivity contribution >= 4 is 22.8 Å². The van der Waals surface area contributed by atoms with E-state index in [1.165, 1.54) is 17.0 Å². The van der Waals surface area contributed by atoms with Gasteiger partial charge >= 0.3 is 6.18 Å². The van der Waals surface area contributed by atoms with E-state index < -0.39 is 17.6 Å². The fourth-order valence-electron chi connectivity index (χ4n) is 3.91. The van der Waals surface area contributed by atoms with Crippen LogP contribution >= 0.6 is 0 Å². The zero-order valence-corrected chi connectivity index (χ0v) is 17.5. The average molecular weight is 428 g/mol. The van der Waals surface area contributed by atoms with E-state index >= 15 is 0 Å². The number of carbonyl (C=O) groups is 1. The van der Waals surface area contributed by atoms with Gasteiger partial charge in [0.25, 0.3) is 5.91 Å². The highest BCUT2D eigenvalue weighted by Crippen LogP contribution is 2.33. The molecule has 1 fully saturated rings. The number of likely N-dealkylation sites (tertiary alicyclic amines) is 1. The predicted molar refractivity (Wildman–Crippen MR) is 113 cm³/mol. The zero-order chi connectivity index (χ0) is 22.3. The van der Waals surface area contributed by atoms with Crippen LogP contribution in [0.25, 0.3) is 11.0 Å². The first-order valence-electron chi connectivity index (χ1n) is 10.1. The summed E-state index contributed by atoms with van der Waals surface area (Å²) in [6.07, 6.45) is -2.32. The number of benzene rings is 2. The molecule has 0 bridgehead atoms. The zero-order valence-electron chi connectivity index (χ0n) is 17.5. The number of anilines is 1. The summed E-state index contributed by atoms with van der Waals surface area (Å²) in [4.78, 5) is 23.5. The third kappa shape index (κ3) is 4.19. The van der Waals surface area contributed by atoms with Crippen molar-refractivity contribution in [2.24, 2.45) is 0 Å². The molecule has 3 aromatic rings. The lowest BCUT2D eigenvalue weighted by Gasteiger charge is -2.20. The van der Waals surface area contributed by atoms with E-state index in [1.807, 2.05) is 26.0 Å². The van der Waals surface area contributed by atoms with Crippen molar-refractivity contribution in [1.29, 1.82) is 0 Å². The minimum atomic E-state index is -4.58. The van der Waals surface area contributed by atoms with E-state index in [4.69, 9.17) is 0 Å². The molecule has 1 amide bonds. The van der Waals surface area contributed by atoms with E-state index in [1.54, 1.807) is 13.1 Å². The molecular formula is C23H23F3N4O. The number of amides is 1. The molecule has 2 heterocycles. The second-order valence-corrected chi connectivity index (χ2v) is 8.06. The Balaban J connectivity index is 1.52. The number of hydrogen-bond donors (Lipinski definition) is 1. The quantitative estimate of drug-likeness (QED) is 0.645. The molecule has 1 aliphatic heterocycles. The number of rotatable bonds is 3. The minimum Gasteiger partial charge on any atom is -0.364 e. The molecule has 0 aliphatic carbocycles. The Morgan fingerprint density at radius 3 is 2.68 bits per heavy atom. The van der Waals surface area contributed by atoms with Crippen molar-refractivity contribution in [3.8, 4) is 0 Å². The third-order valence-corrected chi connectivity index (χ3v) is 5.78. The van der Waals surface area contributed by atoms with Crippen LogP contribution in [-0.2, 0) is 6.18 Å². The SMILES string of the molecule is Cc1ccc(C(F)(F)F)c(C(=O)N2CCC(Nc3cnc4ccc(C)c(C)c4n3)C2)c1. The number of nitrogens with one attached hydrogen (secondary N) is 1. The first-order valence-corrected chi connectivity index (χ1v) is 10.1. The standard InChI is InChI=1S/C23H23F3N4O/c1-13-4-6-18(23(24,25)26)17(10-13)22(31)30-9-8-16(12-30)28-20-11-27-19-7-5-14(2)15(3)21(19)29-20/h4-7,10-11,16H,8-9,12H2,1-3H3,(H,28,29). The molecule has 2 aromatic carbocycles. The Morgan fingerprint density at radius 2 is 1.94 bits per heavy atom. The van der Waals surface area contributed by atoms with Gasteiger partial charge in [-0.1, -0.05) is 17.7 Å².